The number of anilines is 1. The smallest absolute Gasteiger partial charge is 0.228 e. The molecule has 0 saturated heterocycles. The molecule has 2 N–H and O–H groups in total. The fourth-order valence-electron chi connectivity index (χ4n) is 4.98. The summed E-state index contributed by atoms with van der Waals surface area (Å²) in [6.07, 6.45) is 0.208. The van der Waals surface area contributed by atoms with E-state index in [1.54, 1.807) is 4.90 Å². The van der Waals surface area contributed by atoms with Crippen LogP contribution in [0.3, 0.4) is 0 Å². The van der Waals surface area contributed by atoms with E-state index in [2.05, 4.69) is 36.3 Å². The van der Waals surface area contributed by atoms with Gasteiger partial charge in [0.1, 0.15) is 11.9 Å². The van der Waals surface area contributed by atoms with Gasteiger partial charge in [0.25, 0.3) is 0 Å². The number of aliphatic hydroxyl groups is 1. The average molecular weight is 530 g/mol. The summed E-state index contributed by atoms with van der Waals surface area (Å²) in [5.74, 6) is 0.477. The van der Waals surface area contributed by atoms with Crippen LogP contribution in [0.25, 0.3) is 0 Å². The fraction of sp³-hybridized carbons (Fsp3) is 0.375. The minimum atomic E-state index is -0.307. The van der Waals surface area contributed by atoms with Gasteiger partial charge in [-0.15, -0.1) is 0 Å². The number of amides is 2. The van der Waals surface area contributed by atoms with Crippen molar-refractivity contribution in [1.82, 2.24) is 9.80 Å². The molecule has 3 aromatic carbocycles. The highest BCUT2D eigenvalue weighted by molar-refractivity contribution is 5.92. The SMILES string of the molecule is C[C@H]1CN([C@@H](C)CO)C(=O)Cc2cc(NC(=O)Cc3ccccc3)ccc2O[C@H]1CN(C)Cc1ccccc1. The van der Waals surface area contributed by atoms with Gasteiger partial charge in [0.05, 0.1) is 25.5 Å². The van der Waals surface area contributed by atoms with E-state index in [9.17, 15) is 14.7 Å². The lowest BCUT2D eigenvalue weighted by Gasteiger charge is -2.34. The summed E-state index contributed by atoms with van der Waals surface area (Å²) in [4.78, 5) is 30.1. The minimum absolute atomic E-state index is 0.0253. The van der Waals surface area contributed by atoms with Crippen LogP contribution in [0.1, 0.15) is 30.5 Å². The zero-order valence-electron chi connectivity index (χ0n) is 23.0. The van der Waals surface area contributed by atoms with Gasteiger partial charge in [-0.05, 0) is 43.3 Å². The summed E-state index contributed by atoms with van der Waals surface area (Å²) in [5, 5.41) is 12.8. The number of likely N-dealkylation sites (N-methyl/N-ethyl adjacent to an activating group) is 1. The number of hydrogen-bond acceptors (Lipinski definition) is 5. The normalized spacial score (nSPS) is 18.4. The van der Waals surface area contributed by atoms with Gasteiger partial charge in [-0.25, -0.2) is 0 Å². The molecule has 0 aliphatic carbocycles. The Morgan fingerprint density at radius 2 is 1.74 bits per heavy atom. The van der Waals surface area contributed by atoms with E-state index in [-0.39, 0.29) is 49.3 Å². The third kappa shape index (κ3) is 7.91. The maximum absolute atomic E-state index is 13.4. The lowest BCUT2D eigenvalue weighted by molar-refractivity contribution is -0.134. The van der Waals surface area contributed by atoms with Crippen molar-refractivity contribution in [3.8, 4) is 5.75 Å². The van der Waals surface area contributed by atoms with Gasteiger partial charge in [-0.2, -0.15) is 0 Å². The molecular formula is C32H39N3O4. The van der Waals surface area contributed by atoms with Gasteiger partial charge in [0.15, 0.2) is 0 Å². The van der Waals surface area contributed by atoms with Crippen molar-refractivity contribution >= 4 is 17.5 Å². The number of carbonyl (C=O) groups excluding carboxylic acids is 2. The summed E-state index contributed by atoms with van der Waals surface area (Å²) in [5.41, 5.74) is 3.49. The Morgan fingerprint density at radius 3 is 2.41 bits per heavy atom. The van der Waals surface area contributed by atoms with E-state index < -0.39 is 0 Å². The first-order chi connectivity index (χ1) is 18.8. The summed E-state index contributed by atoms with van der Waals surface area (Å²) < 4.78 is 6.61. The average Bonchev–Trinajstić information content (AvgIpc) is 2.97. The van der Waals surface area contributed by atoms with E-state index in [1.807, 2.05) is 73.7 Å². The van der Waals surface area contributed by atoms with Crippen LogP contribution in [0, 0.1) is 5.92 Å². The standard InChI is InChI=1S/C32H39N3O4/c1-23-19-35(24(2)22-36)32(38)18-27-17-28(33-31(37)16-25-10-6-4-7-11-25)14-15-29(27)39-30(23)21-34(3)20-26-12-8-5-9-13-26/h4-15,17,23-24,30,36H,16,18-22H2,1-3H3,(H,33,37)/t23-,24-,30-/m0/s1. The number of benzene rings is 3. The van der Waals surface area contributed by atoms with E-state index >= 15 is 0 Å². The quantitative estimate of drug-likeness (QED) is 0.435. The number of nitrogens with zero attached hydrogens (tertiary/aromatic N) is 2. The predicted octanol–water partition coefficient (Wildman–Crippen LogP) is 4.15. The maximum atomic E-state index is 13.4. The van der Waals surface area contributed by atoms with Crippen LogP contribution in [-0.2, 0) is 29.0 Å². The van der Waals surface area contributed by atoms with Crippen LogP contribution in [0.2, 0.25) is 0 Å². The molecule has 0 fully saturated rings. The first-order valence-electron chi connectivity index (χ1n) is 13.6. The second kappa shape index (κ2) is 13.4. The highest BCUT2D eigenvalue weighted by Gasteiger charge is 2.31. The molecule has 0 aromatic heterocycles. The fourth-order valence-corrected chi connectivity index (χ4v) is 4.98. The molecule has 0 saturated carbocycles. The van der Waals surface area contributed by atoms with Gasteiger partial charge >= 0.3 is 0 Å². The third-order valence-corrected chi connectivity index (χ3v) is 7.19. The first-order valence-corrected chi connectivity index (χ1v) is 13.6. The molecule has 1 aliphatic heterocycles. The summed E-state index contributed by atoms with van der Waals surface area (Å²) in [6, 6.07) is 25.1. The molecule has 3 aromatic rings. The van der Waals surface area contributed by atoms with Crippen molar-refractivity contribution in [2.75, 3.05) is 32.1 Å². The second-order valence-electron chi connectivity index (χ2n) is 10.6. The number of rotatable bonds is 9. The van der Waals surface area contributed by atoms with Gasteiger partial charge in [0, 0.05) is 36.8 Å². The Hall–Kier alpha value is -3.68. The Balaban J connectivity index is 1.56. The monoisotopic (exact) mass is 529 g/mol. The molecule has 1 aliphatic rings. The van der Waals surface area contributed by atoms with E-state index in [4.69, 9.17) is 4.74 Å². The Labute approximate surface area is 231 Å². The number of ether oxygens (including phenoxy) is 1. The Bertz CT molecular complexity index is 1230. The molecule has 39 heavy (non-hydrogen) atoms. The lowest BCUT2D eigenvalue weighted by atomic mass is 10.0. The van der Waals surface area contributed by atoms with Crippen molar-refractivity contribution in [2.24, 2.45) is 5.92 Å². The molecule has 0 radical (unpaired) electrons. The van der Waals surface area contributed by atoms with E-state index in [0.29, 0.717) is 24.5 Å². The van der Waals surface area contributed by atoms with Crippen molar-refractivity contribution in [3.63, 3.8) is 0 Å². The highest BCUT2D eigenvalue weighted by atomic mass is 16.5. The molecule has 0 spiro atoms. The molecule has 3 atom stereocenters. The molecule has 7 heteroatoms. The van der Waals surface area contributed by atoms with Gasteiger partial charge in [-0.3, -0.25) is 14.5 Å². The largest absolute Gasteiger partial charge is 0.488 e. The van der Waals surface area contributed by atoms with Crippen molar-refractivity contribution in [3.05, 3.63) is 95.6 Å². The van der Waals surface area contributed by atoms with Crippen LogP contribution in [0.15, 0.2) is 78.9 Å². The summed E-state index contributed by atoms with van der Waals surface area (Å²) in [7, 11) is 2.07. The zero-order valence-corrected chi connectivity index (χ0v) is 23.0. The minimum Gasteiger partial charge on any atom is -0.488 e. The van der Waals surface area contributed by atoms with E-state index in [0.717, 1.165) is 17.7 Å². The molecule has 2 amide bonds. The van der Waals surface area contributed by atoms with Crippen LogP contribution < -0.4 is 10.1 Å². The number of aliphatic hydroxyl groups excluding tert-OH is 1. The number of fused-ring (bicyclic) bond motifs is 1. The number of nitrogens with one attached hydrogen (secondary N) is 1. The maximum Gasteiger partial charge on any atom is 0.228 e. The van der Waals surface area contributed by atoms with Gasteiger partial charge < -0.3 is 20.1 Å². The number of carbonyl (C=O) groups is 2. The Kier molecular flexibility index (Phi) is 9.74. The number of hydrogen-bond donors (Lipinski definition) is 2. The predicted molar refractivity (Wildman–Crippen MR) is 154 cm³/mol. The van der Waals surface area contributed by atoms with Crippen LogP contribution in [0.4, 0.5) is 5.69 Å². The first kappa shape index (κ1) is 28.3. The lowest BCUT2D eigenvalue weighted by Crippen LogP contribution is -2.47. The summed E-state index contributed by atoms with van der Waals surface area (Å²) in [6.45, 7) is 5.78. The zero-order chi connectivity index (χ0) is 27.8. The van der Waals surface area contributed by atoms with Crippen LogP contribution >= 0.6 is 0 Å². The van der Waals surface area contributed by atoms with Crippen LogP contribution in [0.5, 0.6) is 5.75 Å². The van der Waals surface area contributed by atoms with Gasteiger partial charge in [-0.1, -0.05) is 67.6 Å². The molecule has 1 heterocycles. The second-order valence-corrected chi connectivity index (χ2v) is 10.6. The molecule has 4 rings (SSSR count). The molecule has 206 valence electrons. The Morgan fingerprint density at radius 1 is 1.08 bits per heavy atom. The topological polar surface area (TPSA) is 82.1 Å². The van der Waals surface area contributed by atoms with Crippen molar-refractivity contribution in [1.29, 1.82) is 0 Å². The van der Waals surface area contributed by atoms with Crippen LogP contribution in [-0.4, -0.2) is 65.6 Å². The molecule has 0 unspecified atom stereocenters. The molecular weight excluding hydrogens is 490 g/mol. The van der Waals surface area contributed by atoms with Gasteiger partial charge in [0.2, 0.25) is 11.8 Å². The van der Waals surface area contributed by atoms with E-state index in [1.165, 1.54) is 5.56 Å². The highest BCUT2D eigenvalue weighted by Crippen LogP contribution is 2.29. The van der Waals surface area contributed by atoms with Crippen molar-refractivity contribution in [2.45, 2.75) is 45.4 Å². The summed E-state index contributed by atoms with van der Waals surface area (Å²) >= 11 is 0. The van der Waals surface area contributed by atoms with Crippen molar-refractivity contribution < 1.29 is 19.4 Å². The third-order valence-electron chi connectivity index (χ3n) is 7.19. The molecule has 7 nitrogen and oxygen atoms in total. The molecule has 0 bridgehead atoms.